The minimum absolute atomic E-state index is 0.285. The van der Waals surface area contributed by atoms with Crippen molar-refractivity contribution >= 4 is 0 Å². The van der Waals surface area contributed by atoms with Gasteiger partial charge in [-0.1, -0.05) is 6.92 Å². The Labute approximate surface area is 74.8 Å². The zero-order valence-corrected chi connectivity index (χ0v) is 7.92. The smallest absolute Gasteiger partial charge is 0.0599 e. The summed E-state index contributed by atoms with van der Waals surface area (Å²) >= 11 is 0. The number of aliphatic hydroxyl groups excluding tert-OH is 1. The largest absolute Gasteiger partial charge is 0.395 e. The molecule has 3 heteroatoms. The molecule has 0 aromatic rings. The summed E-state index contributed by atoms with van der Waals surface area (Å²) in [7, 11) is 0. The van der Waals surface area contributed by atoms with E-state index in [1.165, 1.54) is 12.8 Å². The summed E-state index contributed by atoms with van der Waals surface area (Å²) in [5.41, 5.74) is 0. The molecule has 1 aliphatic rings. The second-order valence-corrected chi connectivity index (χ2v) is 3.43. The lowest BCUT2D eigenvalue weighted by Gasteiger charge is -2.27. The number of hydrogen-bond donors (Lipinski definition) is 2. The molecule has 72 valence electrons. The predicted molar refractivity (Wildman–Crippen MR) is 50.2 cm³/mol. The number of nitrogens with zero attached hydrogens (tertiary/aromatic N) is 1. The molecule has 1 aliphatic heterocycles. The van der Waals surface area contributed by atoms with Crippen LogP contribution in [-0.2, 0) is 0 Å². The molecule has 0 radical (unpaired) electrons. The van der Waals surface area contributed by atoms with Crippen LogP contribution in [0.5, 0.6) is 0 Å². The van der Waals surface area contributed by atoms with Crippen LogP contribution in [0.3, 0.4) is 0 Å². The van der Waals surface area contributed by atoms with E-state index in [2.05, 4.69) is 17.1 Å². The third-order valence-electron chi connectivity index (χ3n) is 2.42. The molecule has 0 aliphatic carbocycles. The Morgan fingerprint density at radius 1 is 1.58 bits per heavy atom. The van der Waals surface area contributed by atoms with Crippen LogP contribution in [0.4, 0.5) is 0 Å². The first-order valence-corrected chi connectivity index (χ1v) is 4.94. The fourth-order valence-corrected chi connectivity index (χ4v) is 1.75. The van der Waals surface area contributed by atoms with Gasteiger partial charge in [0.15, 0.2) is 0 Å². The molecule has 1 fully saturated rings. The van der Waals surface area contributed by atoms with Crippen molar-refractivity contribution in [3.8, 4) is 0 Å². The van der Waals surface area contributed by atoms with Gasteiger partial charge in [0.25, 0.3) is 0 Å². The molecule has 1 unspecified atom stereocenters. The molecule has 0 spiro atoms. The van der Waals surface area contributed by atoms with Gasteiger partial charge < -0.3 is 10.4 Å². The fourth-order valence-electron chi connectivity index (χ4n) is 1.75. The maximum atomic E-state index is 9.13. The van der Waals surface area contributed by atoms with Gasteiger partial charge in [0, 0.05) is 12.6 Å². The normalized spacial score (nSPS) is 27.0. The quantitative estimate of drug-likeness (QED) is 0.631. The van der Waals surface area contributed by atoms with Crippen molar-refractivity contribution in [1.29, 1.82) is 0 Å². The van der Waals surface area contributed by atoms with Crippen LogP contribution in [-0.4, -0.2) is 48.8 Å². The molecular formula is C9H20N2O. The van der Waals surface area contributed by atoms with Crippen LogP contribution >= 0.6 is 0 Å². The van der Waals surface area contributed by atoms with Crippen molar-refractivity contribution in [2.45, 2.75) is 25.8 Å². The minimum atomic E-state index is 0.285. The third kappa shape index (κ3) is 2.73. The van der Waals surface area contributed by atoms with Crippen LogP contribution in [0.2, 0.25) is 0 Å². The summed E-state index contributed by atoms with van der Waals surface area (Å²) < 4.78 is 0. The van der Waals surface area contributed by atoms with Crippen molar-refractivity contribution in [2.24, 2.45) is 0 Å². The lowest BCUT2D eigenvalue weighted by atomic mass is 10.2. The molecule has 2 N–H and O–H groups in total. The molecule has 0 amide bonds. The molecule has 0 bridgehead atoms. The van der Waals surface area contributed by atoms with Crippen molar-refractivity contribution in [3.05, 3.63) is 0 Å². The lowest BCUT2D eigenvalue weighted by molar-refractivity contribution is 0.132. The molecule has 0 aromatic carbocycles. The Balaban J connectivity index is 2.39. The Morgan fingerprint density at radius 2 is 2.42 bits per heavy atom. The summed E-state index contributed by atoms with van der Waals surface area (Å²) in [6.45, 7) is 6.76. The zero-order valence-electron chi connectivity index (χ0n) is 7.92. The SMILES string of the molecule is CCCN1CCCNCC1CO. The molecular weight excluding hydrogens is 152 g/mol. The Morgan fingerprint density at radius 3 is 3.08 bits per heavy atom. The van der Waals surface area contributed by atoms with Gasteiger partial charge in [-0.05, 0) is 32.5 Å². The van der Waals surface area contributed by atoms with Gasteiger partial charge >= 0.3 is 0 Å². The van der Waals surface area contributed by atoms with Gasteiger partial charge in [-0.3, -0.25) is 4.90 Å². The monoisotopic (exact) mass is 172 g/mol. The van der Waals surface area contributed by atoms with Gasteiger partial charge in [0.1, 0.15) is 0 Å². The summed E-state index contributed by atoms with van der Waals surface area (Å²) in [5, 5.41) is 12.5. The Hall–Kier alpha value is -0.120. The maximum absolute atomic E-state index is 9.13. The van der Waals surface area contributed by atoms with Crippen molar-refractivity contribution in [1.82, 2.24) is 10.2 Å². The zero-order chi connectivity index (χ0) is 8.81. The van der Waals surface area contributed by atoms with E-state index < -0.39 is 0 Å². The van der Waals surface area contributed by atoms with Gasteiger partial charge in [-0.2, -0.15) is 0 Å². The second kappa shape index (κ2) is 5.51. The summed E-state index contributed by atoms with van der Waals surface area (Å²) in [5.74, 6) is 0. The van der Waals surface area contributed by atoms with E-state index in [-0.39, 0.29) is 6.61 Å². The molecule has 12 heavy (non-hydrogen) atoms. The molecule has 1 atom stereocenters. The lowest BCUT2D eigenvalue weighted by Crippen LogP contribution is -2.42. The first-order chi connectivity index (χ1) is 5.88. The van der Waals surface area contributed by atoms with Crippen LogP contribution in [0.1, 0.15) is 19.8 Å². The molecule has 1 rings (SSSR count). The average molecular weight is 172 g/mol. The highest BCUT2D eigenvalue weighted by Gasteiger charge is 2.18. The number of rotatable bonds is 3. The standard InChI is InChI=1S/C9H20N2O/c1-2-5-11-6-3-4-10-7-9(11)8-12/h9-10,12H,2-8H2,1H3. The van der Waals surface area contributed by atoms with Crippen molar-refractivity contribution in [2.75, 3.05) is 32.8 Å². The van der Waals surface area contributed by atoms with Gasteiger partial charge in [0.05, 0.1) is 6.61 Å². The molecule has 0 aromatic heterocycles. The highest BCUT2D eigenvalue weighted by Crippen LogP contribution is 2.04. The second-order valence-electron chi connectivity index (χ2n) is 3.43. The van der Waals surface area contributed by atoms with Gasteiger partial charge in [0.2, 0.25) is 0 Å². The topological polar surface area (TPSA) is 35.5 Å². The third-order valence-corrected chi connectivity index (χ3v) is 2.42. The fraction of sp³-hybridized carbons (Fsp3) is 1.00. The Bertz CT molecular complexity index is 119. The van der Waals surface area contributed by atoms with Crippen LogP contribution < -0.4 is 5.32 Å². The van der Waals surface area contributed by atoms with Crippen LogP contribution in [0.25, 0.3) is 0 Å². The van der Waals surface area contributed by atoms with E-state index in [1.807, 2.05) is 0 Å². The van der Waals surface area contributed by atoms with Crippen molar-refractivity contribution in [3.63, 3.8) is 0 Å². The van der Waals surface area contributed by atoms with E-state index in [9.17, 15) is 0 Å². The minimum Gasteiger partial charge on any atom is -0.395 e. The average Bonchev–Trinajstić information content (AvgIpc) is 2.30. The van der Waals surface area contributed by atoms with Gasteiger partial charge in [-0.25, -0.2) is 0 Å². The van der Waals surface area contributed by atoms with Gasteiger partial charge in [-0.15, -0.1) is 0 Å². The summed E-state index contributed by atoms with van der Waals surface area (Å²) in [4.78, 5) is 2.39. The van der Waals surface area contributed by atoms with E-state index in [1.54, 1.807) is 0 Å². The molecule has 0 saturated carbocycles. The Kier molecular flexibility index (Phi) is 4.58. The maximum Gasteiger partial charge on any atom is 0.0599 e. The number of aliphatic hydroxyl groups is 1. The highest BCUT2D eigenvalue weighted by atomic mass is 16.3. The predicted octanol–water partition coefficient (Wildman–Crippen LogP) is 0.0526. The molecule has 1 saturated heterocycles. The first-order valence-electron chi connectivity index (χ1n) is 4.94. The summed E-state index contributed by atoms with van der Waals surface area (Å²) in [6.07, 6.45) is 2.38. The molecule has 1 heterocycles. The number of hydrogen-bond acceptors (Lipinski definition) is 3. The number of nitrogens with one attached hydrogen (secondary N) is 1. The van der Waals surface area contributed by atoms with E-state index in [4.69, 9.17) is 5.11 Å². The van der Waals surface area contributed by atoms with Crippen LogP contribution in [0, 0.1) is 0 Å². The van der Waals surface area contributed by atoms with E-state index >= 15 is 0 Å². The summed E-state index contributed by atoms with van der Waals surface area (Å²) in [6, 6.07) is 0.340. The van der Waals surface area contributed by atoms with Crippen LogP contribution in [0.15, 0.2) is 0 Å². The first kappa shape index (κ1) is 9.96. The van der Waals surface area contributed by atoms with Crippen molar-refractivity contribution < 1.29 is 5.11 Å². The van der Waals surface area contributed by atoms with E-state index in [0.717, 1.165) is 26.2 Å². The highest BCUT2D eigenvalue weighted by molar-refractivity contribution is 4.76. The van der Waals surface area contributed by atoms with E-state index in [0.29, 0.717) is 6.04 Å². The molecule has 3 nitrogen and oxygen atoms in total.